The van der Waals surface area contributed by atoms with Crippen LogP contribution >= 0.6 is 0 Å². The van der Waals surface area contributed by atoms with Crippen LogP contribution in [0, 0.1) is 24.7 Å². The van der Waals surface area contributed by atoms with Crippen molar-refractivity contribution in [1.82, 2.24) is 0 Å². The standard InChI is InChI=1S/C19H26O4/c1-11(2)14-9-8-12(3)10-17(14)23-19(22)16-7-5-6-15(13(16)4)18(20)21/h5-7,11-12,14,17H,8-10H2,1-4H3,(H,20,21)/t12-,14+,17-/m1/s1. The zero-order chi connectivity index (χ0) is 17.1. The Kier molecular flexibility index (Phi) is 5.45. The second kappa shape index (κ2) is 7.16. The average molecular weight is 318 g/mol. The highest BCUT2D eigenvalue weighted by Gasteiger charge is 2.34. The van der Waals surface area contributed by atoms with Gasteiger partial charge in [-0.2, -0.15) is 0 Å². The maximum atomic E-state index is 12.6. The van der Waals surface area contributed by atoms with Gasteiger partial charge in [0.15, 0.2) is 0 Å². The Morgan fingerprint density at radius 1 is 1.22 bits per heavy atom. The lowest BCUT2D eigenvalue weighted by Crippen LogP contribution is -2.36. The van der Waals surface area contributed by atoms with Crippen molar-refractivity contribution in [1.29, 1.82) is 0 Å². The zero-order valence-corrected chi connectivity index (χ0v) is 14.3. The molecule has 1 saturated carbocycles. The van der Waals surface area contributed by atoms with Gasteiger partial charge < -0.3 is 9.84 Å². The summed E-state index contributed by atoms with van der Waals surface area (Å²) in [7, 11) is 0. The van der Waals surface area contributed by atoms with Crippen molar-refractivity contribution in [3.05, 3.63) is 34.9 Å². The molecule has 4 nitrogen and oxygen atoms in total. The fraction of sp³-hybridized carbons (Fsp3) is 0.579. The normalized spacial score (nSPS) is 24.5. The highest BCUT2D eigenvalue weighted by molar-refractivity contribution is 5.97. The highest BCUT2D eigenvalue weighted by atomic mass is 16.5. The van der Waals surface area contributed by atoms with Crippen LogP contribution in [0.4, 0.5) is 0 Å². The quantitative estimate of drug-likeness (QED) is 0.840. The van der Waals surface area contributed by atoms with Crippen LogP contribution in [0.25, 0.3) is 0 Å². The largest absolute Gasteiger partial charge is 0.478 e. The van der Waals surface area contributed by atoms with E-state index in [0.717, 1.165) is 12.8 Å². The molecule has 0 aromatic heterocycles. The van der Waals surface area contributed by atoms with E-state index in [1.54, 1.807) is 19.1 Å². The molecule has 23 heavy (non-hydrogen) atoms. The minimum atomic E-state index is -1.02. The van der Waals surface area contributed by atoms with Crippen LogP contribution in [0.2, 0.25) is 0 Å². The number of rotatable bonds is 4. The molecule has 0 spiro atoms. The van der Waals surface area contributed by atoms with Gasteiger partial charge in [0, 0.05) is 0 Å². The van der Waals surface area contributed by atoms with Crippen LogP contribution in [0.15, 0.2) is 18.2 Å². The molecule has 0 aliphatic heterocycles. The number of carboxylic acid groups (broad SMARTS) is 1. The maximum Gasteiger partial charge on any atom is 0.338 e. The van der Waals surface area contributed by atoms with Crippen LogP contribution in [0.5, 0.6) is 0 Å². The third kappa shape index (κ3) is 3.92. The van der Waals surface area contributed by atoms with Gasteiger partial charge in [0.2, 0.25) is 0 Å². The number of hydrogen-bond acceptors (Lipinski definition) is 3. The molecule has 2 rings (SSSR count). The third-order valence-electron chi connectivity index (χ3n) is 5.00. The van der Waals surface area contributed by atoms with Crippen molar-refractivity contribution in [3.63, 3.8) is 0 Å². The van der Waals surface area contributed by atoms with Crippen molar-refractivity contribution < 1.29 is 19.4 Å². The van der Waals surface area contributed by atoms with Gasteiger partial charge in [0.05, 0.1) is 11.1 Å². The molecule has 0 unspecified atom stereocenters. The average Bonchev–Trinajstić information content (AvgIpc) is 2.46. The van der Waals surface area contributed by atoms with E-state index in [-0.39, 0.29) is 11.7 Å². The first kappa shape index (κ1) is 17.5. The second-order valence-corrected chi connectivity index (χ2v) is 7.05. The van der Waals surface area contributed by atoms with E-state index < -0.39 is 11.9 Å². The topological polar surface area (TPSA) is 63.6 Å². The molecule has 0 amide bonds. The van der Waals surface area contributed by atoms with Gasteiger partial charge in [0.25, 0.3) is 0 Å². The number of ether oxygens (including phenoxy) is 1. The van der Waals surface area contributed by atoms with Crippen LogP contribution in [0.1, 0.15) is 66.3 Å². The summed E-state index contributed by atoms with van der Waals surface area (Å²) in [5, 5.41) is 9.19. The van der Waals surface area contributed by atoms with Gasteiger partial charge in [-0.15, -0.1) is 0 Å². The molecule has 0 radical (unpaired) electrons. The van der Waals surface area contributed by atoms with E-state index >= 15 is 0 Å². The Morgan fingerprint density at radius 2 is 1.87 bits per heavy atom. The van der Waals surface area contributed by atoms with Gasteiger partial charge in [0.1, 0.15) is 6.10 Å². The first-order valence-corrected chi connectivity index (χ1v) is 8.35. The number of carbonyl (C=O) groups is 2. The molecular weight excluding hydrogens is 292 g/mol. The Labute approximate surface area is 137 Å². The second-order valence-electron chi connectivity index (χ2n) is 7.05. The minimum absolute atomic E-state index is 0.0841. The van der Waals surface area contributed by atoms with Crippen molar-refractivity contribution in [2.75, 3.05) is 0 Å². The first-order chi connectivity index (χ1) is 10.8. The summed E-state index contributed by atoms with van der Waals surface area (Å²) in [5.41, 5.74) is 0.970. The van der Waals surface area contributed by atoms with Crippen LogP contribution in [-0.4, -0.2) is 23.1 Å². The molecule has 1 N–H and O–H groups in total. The summed E-state index contributed by atoms with van der Waals surface area (Å²) in [5.74, 6) is -0.0436. The Hall–Kier alpha value is -1.84. The van der Waals surface area contributed by atoms with Gasteiger partial charge in [-0.1, -0.05) is 33.3 Å². The lowest BCUT2D eigenvalue weighted by Gasteiger charge is -2.36. The Balaban J connectivity index is 2.20. The third-order valence-corrected chi connectivity index (χ3v) is 5.00. The Morgan fingerprint density at radius 3 is 2.48 bits per heavy atom. The number of carbonyl (C=O) groups excluding carboxylic acids is 1. The molecular formula is C19H26O4. The number of benzene rings is 1. The lowest BCUT2D eigenvalue weighted by molar-refractivity contribution is -0.0174. The monoisotopic (exact) mass is 318 g/mol. The molecule has 1 fully saturated rings. The van der Waals surface area contributed by atoms with Crippen LogP contribution < -0.4 is 0 Å². The van der Waals surface area contributed by atoms with Crippen LogP contribution in [0.3, 0.4) is 0 Å². The van der Waals surface area contributed by atoms with Gasteiger partial charge in [-0.05, 0) is 55.2 Å². The van der Waals surface area contributed by atoms with Gasteiger partial charge >= 0.3 is 11.9 Å². The SMILES string of the molecule is Cc1c(C(=O)O)cccc1C(=O)O[C@@H]1C[C@H](C)CC[C@H]1C(C)C. The number of aromatic carboxylic acids is 1. The fourth-order valence-electron chi connectivity index (χ4n) is 3.54. The van der Waals surface area contributed by atoms with Gasteiger partial charge in [-0.3, -0.25) is 0 Å². The maximum absolute atomic E-state index is 12.6. The molecule has 3 atom stereocenters. The summed E-state index contributed by atoms with van der Waals surface area (Å²) in [6.45, 7) is 8.17. The molecule has 0 heterocycles. The van der Waals surface area contributed by atoms with E-state index in [0.29, 0.717) is 28.9 Å². The summed E-state index contributed by atoms with van der Waals surface area (Å²) < 4.78 is 5.81. The van der Waals surface area contributed by atoms with Gasteiger partial charge in [-0.25, -0.2) is 9.59 Å². The van der Waals surface area contributed by atoms with Crippen molar-refractivity contribution >= 4 is 11.9 Å². The minimum Gasteiger partial charge on any atom is -0.478 e. The predicted molar refractivity (Wildman–Crippen MR) is 88.7 cm³/mol. The smallest absolute Gasteiger partial charge is 0.338 e. The Bertz CT molecular complexity index is 591. The number of carboxylic acids is 1. The van der Waals surface area contributed by atoms with E-state index in [2.05, 4.69) is 20.8 Å². The molecule has 0 bridgehead atoms. The summed E-state index contributed by atoms with van der Waals surface area (Å²) >= 11 is 0. The van der Waals surface area contributed by atoms with E-state index in [1.165, 1.54) is 12.5 Å². The van der Waals surface area contributed by atoms with Crippen molar-refractivity contribution in [2.45, 2.75) is 53.1 Å². The van der Waals surface area contributed by atoms with Crippen molar-refractivity contribution in [2.24, 2.45) is 17.8 Å². The van der Waals surface area contributed by atoms with E-state index in [1.807, 2.05) is 0 Å². The molecule has 1 aromatic carbocycles. The summed E-state index contributed by atoms with van der Waals surface area (Å²) in [6.07, 6.45) is 3.04. The van der Waals surface area contributed by atoms with Crippen molar-refractivity contribution in [3.8, 4) is 0 Å². The van der Waals surface area contributed by atoms with E-state index in [9.17, 15) is 14.7 Å². The highest BCUT2D eigenvalue weighted by Crippen LogP contribution is 2.35. The molecule has 1 aliphatic rings. The molecule has 1 aromatic rings. The molecule has 1 aliphatic carbocycles. The molecule has 0 saturated heterocycles. The summed E-state index contributed by atoms with van der Waals surface area (Å²) in [4.78, 5) is 23.8. The van der Waals surface area contributed by atoms with Crippen LogP contribution in [-0.2, 0) is 4.74 Å². The predicted octanol–water partition coefficient (Wildman–Crippen LogP) is 4.31. The van der Waals surface area contributed by atoms with E-state index in [4.69, 9.17) is 4.74 Å². The molecule has 4 heteroatoms. The lowest BCUT2D eigenvalue weighted by atomic mass is 9.75. The number of esters is 1. The molecule has 126 valence electrons. The number of hydrogen-bond donors (Lipinski definition) is 1. The fourth-order valence-corrected chi connectivity index (χ4v) is 3.54. The zero-order valence-electron chi connectivity index (χ0n) is 14.3. The summed E-state index contributed by atoms with van der Waals surface area (Å²) in [6, 6.07) is 4.74. The first-order valence-electron chi connectivity index (χ1n) is 8.35.